The molecular formula is C22H21ClN4. The van der Waals surface area contributed by atoms with E-state index in [1.54, 1.807) is 6.07 Å². The maximum atomic E-state index is 5.94. The van der Waals surface area contributed by atoms with Gasteiger partial charge in [-0.15, -0.1) is 10.2 Å². The zero-order valence-electron chi connectivity index (χ0n) is 15.6. The summed E-state index contributed by atoms with van der Waals surface area (Å²) in [6.07, 6.45) is 1.08. The summed E-state index contributed by atoms with van der Waals surface area (Å²) < 4.78 is 1.94. The molecule has 1 aromatic carbocycles. The summed E-state index contributed by atoms with van der Waals surface area (Å²) in [5, 5.41) is 13.4. The Balaban J connectivity index is 1.89. The molecule has 0 saturated heterocycles. The Hall–Kier alpha value is -2.72. The van der Waals surface area contributed by atoms with E-state index in [0.717, 1.165) is 40.1 Å². The summed E-state index contributed by atoms with van der Waals surface area (Å²) in [6, 6.07) is 18.6. The molecule has 0 aliphatic heterocycles. The van der Waals surface area contributed by atoms with Crippen molar-refractivity contribution in [2.45, 2.75) is 27.2 Å². The number of rotatable bonds is 4. The van der Waals surface area contributed by atoms with Gasteiger partial charge >= 0.3 is 0 Å². The van der Waals surface area contributed by atoms with Crippen LogP contribution in [0.4, 0.5) is 0 Å². The summed E-state index contributed by atoms with van der Waals surface area (Å²) in [4.78, 5) is 0. The van der Waals surface area contributed by atoms with Crippen LogP contribution in [0.15, 0.2) is 54.6 Å². The average Bonchev–Trinajstić information content (AvgIpc) is 3.01. The third kappa shape index (κ3) is 3.58. The predicted molar refractivity (Wildman–Crippen MR) is 110 cm³/mol. The van der Waals surface area contributed by atoms with Crippen LogP contribution in [-0.2, 0) is 6.42 Å². The predicted octanol–water partition coefficient (Wildman–Crippen LogP) is 5.62. The number of aryl methyl sites for hydroxylation is 1. The monoisotopic (exact) mass is 376 g/mol. The Morgan fingerprint density at radius 2 is 1.74 bits per heavy atom. The fourth-order valence-electron chi connectivity index (χ4n) is 3.34. The largest absolute Gasteiger partial charge is 0.231 e. The summed E-state index contributed by atoms with van der Waals surface area (Å²) in [5.41, 5.74) is 7.21. The van der Waals surface area contributed by atoms with Crippen molar-refractivity contribution < 1.29 is 0 Å². The molecule has 0 N–H and O–H groups in total. The van der Waals surface area contributed by atoms with Crippen molar-refractivity contribution in [1.82, 2.24) is 19.8 Å². The van der Waals surface area contributed by atoms with Gasteiger partial charge < -0.3 is 0 Å². The molecule has 5 heteroatoms. The number of hydrogen-bond donors (Lipinski definition) is 0. The highest BCUT2D eigenvalue weighted by Gasteiger charge is 2.17. The average molecular weight is 377 g/mol. The minimum absolute atomic E-state index is 0.378. The number of nitrogens with zero attached hydrogens (tertiary/aromatic N) is 4. The molecule has 0 unspecified atom stereocenters. The lowest BCUT2D eigenvalue weighted by molar-refractivity contribution is 0.647. The van der Waals surface area contributed by atoms with Crippen molar-refractivity contribution in [1.29, 1.82) is 0 Å². The smallest absolute Gasteiger partial charge is 0.151 e. The topological polar surface area (TPSA) is 43.1 Å². The van der Waals surface area contributed by atoms with Crippen molar-refractivity contribution in [3.05, 3.63) is 71.0 Å². The van der Waals surface area contributed by atoms with E-state index in [2.05, 4.69) is 60.4 Å². The zero-order chi connectivity index (χ0) is 19.0. The number of aromatic nitrogens is 4. The number of benzene rings is 1. The van der Waals surface area contributed by atoms with Gasteiger partial charge in [0, 0.05) is 5.56 Å². The highest BCUT2D eigenvalue weighted by atomic mass is 35.5. The number of halogens is 1. The van der Waals surface area contributed by atoms with Crippen LogP contribution in [0.5, 0.6) is 0 Å². The molecule has 136 valence electrons. The third-order valence-corrected chi connectivity index (χ3v) is 4.74. The molecule has 0 fully saturated rings. The van der Waals surface area contributed by atoms with Crippen LogP contribution in [0.3, 0.4) is 0 Å². The molecule has 0 bridgehead atoms. The quantitative estimate of drug-likeness (QED) is 0.464. The van der Waals surface area contributed by atoms with E-state index in [-0.39, 0.29) is 0 Å². The summed E-state index contributed by atoms with van der Waals surface area (Å²) in [6.45, 7) is 6.46. The molecule has 3 heterocycles. The van der Waals surface area contributed by atoms with Gasteiger partial charge in [-0.2, -0.15) is 5.10 Å². The van der Waals surface area contributed by atoms with Gasteiger partial charge in [0.25, 0.3) is 0 Å². The van der Waals surface area contributed by atoms with Gasteiger partial charge in [-0.1, -0.05) is 49.7 Å². The van der Waals surface area contributed by atoms with Crippen molar-refractivity contribution in [3.8, 4) is 22.5 Å². The second kappa shape index (κ2) is 7.12. The molecule has 0 aliphatic rings. The van der Waals surface area contributed by atoms with E-state index >= 15 is 0 Å². The van der Waals surface area contributed by atoms with Crippen LogP contribution in [0.25, 0.3) is 28.0 Å². The third-order valence-electron chi connectivity index (χ3n) is 4.54. The Morgan fingerprint density at radius 1 is 0.963 bits per heavy atom. The van der Waals surface area contributed by atoms with Crippen molar-refractivity contribution in [2.24, 2.45) is 5.92 Å². The number of fused-ring (bicyclic) bond motifs is 1. The van der Waals surface area contributed by atoms with Crippen LogP contribution in [0.1, 0.15) is 25.1 Å². The lowest BCUT2D eigenvalue weighted by Gasteiger charge is -2.08. The van der Waals surface area contributed by atoms with Gasteiger partial charge in [0.1, 0.15) is 11.4 Å². The summed E-state index contributed by atoms with van der Waals surface area (Å²) in [7, 11) is 0. The van der Waals surface area contributed by atoms with Crippen LogP contribution in [0.2, 0.25) is 5.15 Å². The first-order valence-corrected chi connectivity index (χ1v) is 9.47. The van der Waals surface area contributed by atoms with E-state index in [0.29, 0.717) is 11.1 Å². The van der Waals surface area contributed by atoms with Gasteiger partial charge in [-0.05, 0) is 60.7 Å². The van der Waals surface area contributed by atoms with Crippen LogP contribution >= 0.6 is 11.6 Å². The first-order valence-electron chi connectivity index (χ1n) is 9.09. The normalized spacial score (nSPS) is 11.4. The molecule has 0 saturated carbocycles. The molecule has 4 nitrogen and oxygen atoms in total. The highest BCUT2D eigenvalue weighted by molar-refractivity contribution is 6.29. The zero-order valence-corrected chi connectivity index (χ0v) is 16.4. The van der Waals surface area contributed by atoms with E-state index in [1.807, 2.05) is 23.6 Å². The number of hydrogen-bond acceptors (Lipinski definition) is 3. The fraction of sp³-hybridized carbons (Fsp3) is 0.227. The van der Waals surface area contributed by atoms with Gasteiger partial charge in [-0.3, -0.25) is 0 Å². The minimum Gasteiger partial charge on any atom is -0.231 e. The molecule has 0 spiro atoms. The van der Waals surface area contributed by atoms with Crippen LogP contribution in [0, 0.1) is 12.8 Å². The standard InChI is InChI=1S/C22H21ClN4/c1-14(2)12-16-5-7-17(8-6-16)19-13-18-9-4-15(3)26-27(18)22(19)20-10-11-21(23)25-24-20/h4-11,13-14H,12H2,1-3H3. The second-order valence-corrected chi connectivity index (χ2v) is 7.64. The first-order chi connectivity index (χ1) is 13.0. The van der Waals surface area contributed by atoms with E-state index in [4.69, 9.17) is 16.7 Å². The Bertz CT molecular complexity index is 1080. The van der Waals surface area contributed by atoms with Gasteiger partial charge in [-0.25, -0.2) is 4.52 Å². The molecular weight excluding hydrogens is 356 g/mol. The highest BCUT2D eigenvalue weighted by Crippen LogP contribution is 2.34. The SMILES string of the molecule is Cc1ccc2cc(-c3ccc(CC(C)C)cc3)c(-c3ccc(Cl)nn3)n2n1. The van der Waals surface area contributed by atoms with Crippen LogP contribution in [-0.4, -0.2) is 19.8 Å². The maximum absolute atomic E-state index is 5.94. The van der Waals surface area contributed by atoms with Crippen molar-refractivity contribution in [3.63, 3.8) is 0 Å². The van der Waals surface area contributed by atoms with E-state index < -0.39 is 0 Å². The van der Waals surface area contributed by atoms with Gasteiger partial charge in [0.05, 0.1) is 11.2 Å². The van der Waals surface area contributed by atoms with Gasteiger partial charge in [0.15, 0.2) is 5.15 Å². The van der Waals surface area contributed by atoms with Crippen molar-refractivity contribution in [2.75, 3.05) is 0 Å². The van der Waals surface area contributed by atoms with Crippen LogP contribution < -0.4 is 0 Å². The molecule has 27 heavy (non-hydrogen) atoms. The summed E-state index contributed by atoms with van der Waals surface area (Å²) >= 11 is 5.94. The lowest BCUT2D eigenvalue weighted by atomic mass is 9.98. The first kappa shape index (κ1) is 17.7. The molecule has 0 atom stereocenters. The Labute approximate surface area is 163 Å². The molecule has 0 radical (unpaired) electrons. The van der Waals surface area contributed by atoms with E-state index in [1.165, 1.54) is 5.56 Å². The maximum Gasteiger partial charge on any atom is 0.151 e. The summed E-state index contributed by atoms with van der Waals surface area (Å²) in [5.74, 6) is 0.639. The molecule has 4 aromatic rings. The minimum atomic E-state index is 0.378. The van der Waals surface area contributed by atoms with Crippen molar-refractivity contribution >= 4 is 17.1 Å². The fourth-order valence-corrected chi connectivity index (χ4v) is 3.45. The molecule has 4 rings (SSSR count). The Morgan fingerprint density at radius 3 is 2.41 bits per heavy atom. The Kier molecular flexibility index (Phi) is 4.66. The van der Waals surface area contributed by atoms with Gasteiger partial charge in [0.2, 0.25) is 0 Å². The molecule has 0 aliphatic carbocycles. The van der Waals surface area contributed by atoms with E-state index in [9.17, 15) is 0 Å². The lowest BCUT2D eigenvalue weighted by Crippen LogP contribution is -1.99. The molecule has 0 amide bonds. The second-order valence-electron chi connectivity index (χ2n) is 7.25. The molecule has 3 aromatic heterocycles.